The molecule has 0 spiro atoms. The molecule has 1 atom stereocenters. The molecule has 0 aromatic heterocycles. The second kappa shape index (κ2) is 5.81. The number of nitrogens with zero attached hydrogens (tertiary/aromatic N) is 1. The van der Waals surface area contributed by atoms with E-state index in [-0.39, 0.29) is 17.9 Å². The number of Topliss-reactive ketones (excluding diaryl/α,β-unsaturated/α-hetero) is 1. The second-order valence-electron chi connectivity index (χ2n) is 4.86. The number of non-ortho nitro benzene ring substituents is 1. The van der Waals surface area contributed by atoms with E-state index in [4.69, 9.17) is 0 Å². The number of methoxy groups -OCH3 is 1. The standard InChI is InChI=1S/C14H15NO5/c1-20-14(17)8-11-6-9-2-4-12(15(18)19)7-10(9)3-5-13(11)16/h2,4,7,11H,3,5-6,8H2,1H3. The van der Waals surface area contributed by atoms with Crippen molar-refractivity contribution >= 4 is 17.4 Å². The van der Waals surface area contributed by atoms with Gasteiger partial charge in [0.15, 0.2) is 0 Å². The number of esters is 1. The van der Waals surface area contributed by atoms with E-state index in [9.17, 15) is 19.7 Å². The molecule has 1 unspecified atom stereocenters. The Kier molecular flexibility index (Phi) is 4.12. The Morgan fingerprint density at radius 2 is 2.15 bits per heavy atom. The summed E-state index contributed by atoms with van der Waals surface area (Å²) in [5.41, 5.74) is 1.75. The van der Waals surface area contributed by atoms with Crippen molar-refractivity contribution in [3.05, 3.63) is 39.4 Å². The van der Waals surface area contributed by atoms with Crippen LogP contribution in [0.4, 0.5) is 5.69 Å². The van der Waals surface area contributed by atoms with Gasteiger partial charge in [0.05, 0.1) is 18.5 Å². The molecular formula is C14H15NO5. The fourth-order valence-corrected chi connectivity index (χ4v) is 2.47. The van der Waals surface area contributed by atoms with Crippen LogP contribution in [0.1, 0.15) is 24.0 Å². The van der Waals surface area contributed by atoms with Crippen LogP contribution < -0.4 is 0 Å². The number of aryl methyl sites for hydroxylation is 1. The van der Waals surface area contributed by atoms with Gasteiger partial charge >= 0.3 is 5.97 Å². The third kappa shape index (κ3) is 3.01. The van der Waals surface area contributed by atoms with Crippen molar-refractivity contribution in [2.75, 3.05) is 7.11 Å². The van der Waals surface area contributed by atoms with Crippen LogP contribution in [-0.2, 0) is 27.2 Å². The smallest absolute Gasteiger partial charge is 0.306 e. The first-order chi connectivity index (χ1) is 9.51. The first-order valence-electron chi connectivity index (χ1n) is 6.37. The molecule has 0 bridgehead atoms. The minimum atomic E-state index is -0.446. The average molecular weight is 277 g/mol. The van der Waals surface area contributed by atoms with E-state index >= 15 is 0 Å². The predicted molar refractivity (Wildman–Crippen MR) is 70.3 cm³/mol. The number of nitro benzene ring substituents is 1. The number of hydrogen-bond donors (Lipinski definition) is 0. The first-order valence-corrected chi connectivity index (χ1v) is 6.37. The zero-order valence-electron chi connectivity index (χ0n) is 11.1. The highest BCUT2D eigenvalue weighted by atomic mass is 16.6. The third-order valence-corrected chi connectivity index (χ3v) is 3.60. The number of carbonyl (C=O) groups is 2. The van der Waals surface area contributed by atoms with Crippen molar-refractivity contribution in [2.24, 2.45) is 5.92 Å². The lowest BCUT2D eigenvalue weighted by molar-refractivity contribution is -0.384. The molecule has 0 amide bonds. The van der Waals surface area contributed by atoms with Crippen LogP contribution in [0.25, 0.3) is 0 Å². The largest absolute Gasteiger partial charge is 0.469 e. The Labute approximate surface area is 115 Å². The van der Waals surface area contributed by atoms with Gasteiger partial charge in [0.2, 0.25) is 0 Å². The molecule has 0 saturated heterocycles. The van der Waals surface area contributed by atoms with E-state index in [1.54, 1.807) is 6.07 Å². The van der Waals surface area contributed by atoms with Gasteiger partial charge in [-0.25, -0.2) is 0 Å². The molecule has 6 heteroatoms. The summed E-state index contributed by atoms with van der Waals surface area (Å²) in [4.78, 5) is 33.7. The molecule has 0 fully saturated rings. The number of fused-ring (bicyclic) bond motifs is 1. The Bertz CT molecular complexity index is 567. The molecule has 106 valence electrons. The number of benzene rings is 1. The van der Waals surface area contributed by atoms with Crippen LogP contribution in [0.2, 0.25) is 0 Å². The van der Waals surface area contributed by atoms with Crippen molar-refractivity contribution < 1.29 is 19.2 Å². The molecule has 6 nitrogen and oxygen atoms in total. The van der Waals surface area contributed by atoms with E-state index in [0.29, 0.717) is 19.3 Å². The summed E-state index contributed by atoms with van der Waals surface area (Å²) >= 11 is 0. The van der Waals surface area contributed by atoms with Crippen molar-refractivity contribution in [3.8, 4) is 0 Å². The molecular weight excluding hydrogens is 262 g/mol. The SMILES string of the molecule is COC(=O)CC1Cc2ccc([N+](=O)[O-])cc2CCC1=O. The highest BCUT2D eigenvalue weighted by Gasteiger charge is 2.27. The molecule has 2 rings (SSSR count). The lowest BCUT2D eigenvalue weighted by atomic mass is 9.93. The van der Waals surface area contributed by atoms with Gasteiger partial charge in [-0.15, -0.1) is 0 Å². The van der Waals surface area contributed by atoms with Crippen LogP contribution in [0.15, 0.2) is 18.2 Å². The first kappa shape index (κ1) is 14.2. The summed E-state index contributed by atoms with van der Waals surface area (Å²) < 4.78 is 4.60. The number of carbonyl (C=O) groups excluding carboxylic acids is 2. The van der Waals surface area contributed by atoms with Gasteiger partial charge in [-0.2, -0.15) is 0 Å². The summed E-state index contributed by atoms with van der Waals surface area (Å²) in [6.45, 7) is 0. The molecule has 1 aliphatic rings. The number of ketones is 1. The second-order valence-corrected chi connectivity index (χ2v) is 4.86. The quantitative estimate of drug-likeness (QED) is 0.364. The van der Waals surface area contributed by atoms with Crippen LogP contribution in [0.3, 0.4) is 0 Å². The number of rotatable bonds is 3. The monoisotopic (exact) mass is 277 g/mol. The van der Waals surface area contributed by atoms with Crippen molar-refractivity contribution in [1.29, 1.82) is 0 Å². The minimum absolute atomic E-state index is 0.00857. The molecule has 1 aliphatic carbocycles. The third-order valence-electron chi connectivity index (χ3n) is 3.60. The van der Waals surface area contributed by atoms with Crippen LogP contribution in [-0.4, -0.2) is 23.8 Å². The molecule has 1 aromatic rings. The van der Waals surface area contributed by atoms with Gasteiger partial charge in [-0.1, -0.05) is 6.07 Å². The summed E-state index contributed by atoms with van der Waals surface area (Å²) in [5.74, 6) is -0.798. The Hall–Kier alpha value is -2.24. The minimum Gasteiger partial charge on any atom is -0.469 e. The Morgan fingerprint density at radius 1 is 1.40 bits per heavy atom. The molecule has 20 heavy (non-hydrogen) atoms. The van der Waals surface area contributed by atoms with Gasteiger partial charge in [0, 0.05) is 24.5 Å². The Balaban J connectivity index is 2.25. The van der Waals surface area contributed by atoms with Crippen LogP contribution in [0, 0.1) is 16.0 Å². The maximum absolute atomic E-state index is 12.0. The highest BCUT2D eigenvalue weighted by Crippen LogP contribution is 2.27. The van der Waals surface area contributed by atoms with Crippen molar-refractivity contribution in [1.82, 2.24) is 0 Å². The molecule has 0 heterocycles. The predicted octanol–water partition coefficient (Wildman–Crippen LogP) is 1.83. The summed E-state index contributed by atoms with van der Waals surface area (Å²) in [6.07, 6.45) is 1.27. The lowest BCUT2D eigenvalue weighted by Gasteiger charge is -2.12. The van der Waals surface area contributed by atoms with E-state index in [1.165, 1.54) is 19.2 Å². The number of ether oxygens (including phenoxy) is 1. The van der Waals surface area contributed by atoms with E-state index < -0.39 is 16.8 Å². The fourth-order valence-electron chi connectivity index (χ4n) is 2.47. The van der Waals surface area contributed by atoms with E-state index in [1.807, 2.05) is 0 Å². The maximum Gasteiger partial charge on any atom is 0.306 e. The normalized spacial score (nSPS) is 18.1. The molecule has 1 aromatic carbocycles. The maximum atomic E-state index is 12.0. The van der Waals surface area contributed by atoms with E-state index in [2.05, 4.69) is 4.74 Å². The van der Waals surface area contributed by atoms with Crippen LogP contribution >= 0.6 is 0 Å². The summed E-state index contributed by atoms with van der Waals surface area (Å²) in [6, 6.07) is 4.63. The Morgan fingerprint density at radius 3 is 2.80 bits per heavy atom. The molecule has 0 radical (unpaired) electrons. The van der Waals surface area contributed by atoms with Gasteiger partial charge < -0.3 is 4.74 Å². The van der Waals surface area contributed by atoms with Gasteiger partial charge in [0.25, 0.3) is 5.69 Å². The number of hydrogen-bond acceptors (Lipinski definition) is 5. The van der Waals surface area contributed by atoms with Gasteiger partial charge in [0.1, 0.15) is 5.78 Å². The summed E-state index contributed by atoms with van der Waals surface area (Å²) in [5, 5.41) is 10.8. The molecule has 0 aliphatic heterocycles. The zero-order chi connectivity index (χ0) is 14.7. The fraction of sp³-hybridized carbons (Fsp3) is 0.429. The highest BCUT2D eigenvalue weighted by molar-refractivity contribution is 5.86. The number of nitro groups is 1. The van der Waals surface area contributed by atoms with Crippen molar-refractivity contribution in [2.45, 2.75) is 25.7 Å². The molecule has 0 N–H and O–H groups in total. The zero-order valence-corrected chi connectivity index (χ0v) is 11.1. The van der Waals surface area contributed by atoms with Crippen LogP contribution in [0.5, 0.6) is 0 Å². The average Bonchev–Trinajstić information content (AvgIpc) is 2.58. The molecule has 0 saturated carbocycles. The van der Waals surface area contributed by atoms with Crippen molar-refractivity contribution in [3.63, 3.8) is 0 Å². The topological polar surface area (TPSA) is 86.5 Å². The lowest BCUT2D eigenvalue weighted by Crippen LogP contribution is -2.20. The van der Waals surface area contributed by atoms with Gasteiger partial charge in [-0.05, 0) is 24.0 Å². The summed E-state index contributed by atoms with van der Waals surface area (Å²) in [7, 11) is 1.29. The van der Waals surface area contributed by atoms with E-state index in [0.717, 1.165) is 11.1 Å². The van der Waals surface area contributed by atoms with Gasteiger partial charge in [-0.3, -0.25) is 19.7 Å².